The predicted octanol–water partition coefficient (Wildman–Crippen LogP) is -0.758. The molecule has 6 unspecified atom stereocenters. The van der Waals surface area contributed by atoms with Crippen LogP contribution in [-0.2, 0) is 14.3 Å². The van der Waals surface area contributed by atoms with Crippen LogP contribution >= 0.6 is 0 Å². The molecule has 8 heteroatoms. The predicted molar refractivity (Wildman–Crippen MR) is 91.9 cm³/mol. The van der Waals surface area contributed by atoms with Gasteiger partial charge in [0.1, 0.15) is 24.4 Å². The maximum Gasteiger partial charge on any atom is 0.186 e. The van der Waals surface area contributed by atoms with Crippen LogP contribution < -0.4 is 5.73 Å². The highest BCUT2D eigenvalue weighted by Gasteiger charge is 2.43. The average Bonchev–Trinajstić information content (AvgIpc) is 2.67. The van der Waals surface area contributed by atoms with E-state index in [1.54, 1.807) is 0 Å². The van der Waals surface area contributed by atoms with E-state index in [1.807, 2.05) is 30.3 Å². The second-order valence-electron chi connectivity index (χ2n) is 6.38. The summed E-state index contributed by atoms with van der Waals surface area (Å²) < 4.78 is 10.6. The lowest BCUT2D eigenvalue weighted by molar-refractivity contribution is -0.301. The molecule has 0 radical (unpaired) electrons. The summed E-state index contributed by atoms with van der Waals surface area (Å²) in [6, 6.07) is 8.49. The fourth-order valence-corrected chi connectivity index (χ4v) is 2.81. The molecule has 0 aromatic heterocycles. The molecule has 1 aliphatic heterocycles. The maximum absolute atomic E-state index is 12.1. The number of rotatable bonds is 9. The first-order chi connectivity index (χ1) is 12.5. The molecule has 1 heterocycles. The van der Waals surface area contributed by atoms with Crippen LogP contribution in [0.25, 0.3) is 0 Å². The molecule has 1 saturated heterocycles. The first-order valence-corrected chi connectivity index (χ1v) is 8.71. The first-order valence-electron chi connectivity index (χ1n) is 8.71. The summed E-state index contributed by atoms with van der Waals surface area (Å²) in [4.78, 5) is 12.1. The van der Waals surface area contributed by atoms with Crippen LogP contribution in [0.1, 0.15) is 30.9 Å². The highest BCUT2D eigenvalue weighted by Crippen LogP contribution is 2.22. The van der Waals surface area contributed by atoms with Gasteiger partial charge < -0.3 is 35.6 Å². The molecule has 2 rings (SSSR count). The zero-order valence-corrected chi connectivity index (χ0v) is 14.5. The molecule has 1 aromatic rings. The Kier molecular flexibility index (Phi) is 8.11. The van der Waals surface area contributed by atoms with Crippen molar-refractivity contribution in [2.24, 2.45) is 5.73 Å². The number of carbonyl (C=O) groups excluding carboxylic acids is 1. The van der Waals surface area contributed by atoms with Crippen LogP contribution in [0.4, 0.5) is 0 Å². The monoisotopic (exact) mass is 369 g/mol. The van der Waals surface area contributed by atoms with E-state index in [4.69, 9.17) is 20.3 Å². The number of benzene rings is 1. The van der Waals surface area contributed by atoms with E-state index in [0.29, 0.717) is 19.3 Å². The minimum atomic E-state index is -1.46. The van der Waals surface area contributed by atoms with Gasteiger partial charge in [-0.1, -0.05) is 30.3 Å². The lowest BCUT2D eigenvalue weighted by atomic mass is 9.99. The van der Waals surface area contributed by atoms with Crippen LogP contribution in [-0.4, -0.2) is 70.1 Å². The van der Waals surface area contributed by atoms with Crippen LogP contribution in [0.3, 0.4) is 0 Å². The number of aliphatic hydroxyl groups excluding tert-OH is 4. The zero-order chi connectivity index (χ0) is 19.1. The van der Waals surface area contributed by atoms with E-state index in [2.05, 4.69) is 0 Å². The molecule has 0 saturated carbocycles. The summed E-state index contributed by atoms with van der Waals surface area (Å²) in [7, 11) is 0. The van der Waals surface area contributed by atoms with Gasteiger partial charge in [-0.15, -0.1) is 0 Å². The van der Waals surface area contributed by atoms with Crippen molar-refractivity contribution >= 4 is 5.78 Å². The number of ether oxygens (including phenoxy) is 2. The molecule has 26 heavy (non-hydrogen) atoms. The molecule has 0 aliphatic carbocycles. The van der Waals surface area contributed by atoms with Gasteiger partial charge in [-0.25, -0.2) is 0 Å². The largest absolute Gasteiger partial charge is 0.394 e. The van der Waals surface area contributed by atoms with Crippen LogP contribution in [0.5, 0.6) is 0 Å². The Morgan fingerprint density at radius 2 is 1.81 bits per heavy atom. The maximum atomic E-state index is 12.1. The normalized spacial score (nSPS) is 30.1. The van der Waals surface area contributed by atoms with Crippen molar-refractivity contribution in [3.8, 4) is 0 Å². The minimum absolute atomic E-state index is 0.0657. The molecule has 0 amide bonds. The van der Waals surface area contributed by atoms with Crippen LogP contribution in [0.15, 0.2) is 30.3 Å². The summed E-state index contributed by atoms with van der Waals surface area (Å²) in [5.41, 5.74) is 6.71. The molecule has 8 nitrogen and oxygen atoms in total. The van der Waals surface area contributed by atoms with E-state index in [9.17, 15) is 20.1 Å². The highest BCUT2D eigenvalue weighted by atomic mass is 16.7. The fraction of sp³-hybridized carbons (Fsp3) is 0.611. The molecule has 1 fully saturated rings. The number of nitrogens with two attached hydrogens (primary N) is 1. The number of ketones is 1. The van der Waals surface area contributed by atoms with Crippen molar-refractivity contribution in [3.63, 3.8) is 0 Å². The average molecular weight is 369 g/mol. The van der Waals surface area contributed by atoms with Gasteiger partial charge in [0.2, 0.25) is 0 Å². The van der Waals surface area contributed by atoms with E-state index in [0.717, 1.165) is 5.56 Å². The molecular formula is C18H27NO7. The van der Waals surface area contributed by atoms with Gasteiger partial charge in [-0.3, -0.25) is 4.79 Å². The van der Waals surface area contributed by atoms with Gasteiger partial charge >= 0.3 is 0 Å². The van der Waals surface area contributed by atoms with Crippen molar-refractivity contribution in [2.45, 2.75) is 56.0 Å². The number of hydrogen-bond donors (Lipinski definition) is 5. The lowest BCUT2D eigenvalue weighted by Crippen LogP contribution is -2.59. The summed E-state index contributed by atoms with van der Waals surface area (Å²) in [5.74, 6) is -0.0657. The standard InChI is InChI=1S/C18H27NO7/c19-14(11-6-2-1-3-7-11)12(21)8-4-5-9-25-18-17(24)16(23)15(22)13(10-20)26-18/h1-3,6-7,13-18,20,22-24H,4-5,8-10,19H2. The number of unbranched alkanes of at least 4 members (excludes halogenated alkanes) is 1. The summed E-state index contributed by atoms with van der Waals surface area (Å²) >= 11 is 0. The van der Waals surface area contributed by atoms with Crippen LogP contribution in [0, 0.1) is 0 Å². The van der Waals surface area contributed by atoms with Crippen LogP contribution in [0.2, 0.25) is 0 Å². The number of aliphatic hydroxyl groups is 4. The summed E-state index contributed by atoms with van der Waals surface area (Å²) in [6.45, 7) is -0.312. The lowest BCUT2D eigenvalue weighted by Gasteiger charge is -2.39. The van der Waals surface area contributed by atoms with E-state index < -0.39 is 43.4 Å². The molecule has 146 valence electrons. The van der Waals surface area contributed by atoms with Crippen molar-refractivity contribution in [1.82, 2.24) is 0 Å². The minimum Gasteiger partial charge on any atom is -0.394 e. The fourth-order valence-electron chi connectivity index (χ4n) is 2.81. The Balaban J connectivity index is 1.69. The molecule has 0 spiro atoms. The molecular weight excluding hydrogens is 342 g/mol. The van der Waals surface area contributed by atoms with Crippen molar-refractivity contribution in [3.05, 3.63) is 35.9 Å². The molecule has 1 aliphatic rings. The summed E-state index contributed by atoms with van der Waals surface area (Å²) in [6.07, 6.45) is -5.05. The first kappa shape index (κ1) is 20.9. The van der Waals surface area contributed by atoms with E-state index in [1.165, 1.54) is 0 Å². The second-order valence-corrected chi connectivity index (χ2v) is 6.38. The van der Waals surface area contributed by atoms with Crippen molar-refractivity contribution in [2.75, 3.05) is 13.2 Å². The molecule has 0 bridgehead atoms. The number of Topliss-reactive ketones (excluding diaryl/α,β-unsaturated/α-hetero) is 1. The Morgan fingerprint density at radius 3 is 2.46 bits per heavy atom. The molecule has 6 N–H and O–H groups in total. The zero-order valence-electron chi connectivity index (χ0n) is 14.5. The Morgan fingerprint density at radius 1 is 1.12 bits per heavy atom. The van der Waals surface area contributed by atoms with Gasteiger partial charge in [0.05, 0.1) is 12.6 Å². The SMILES string of the molecule is NC(C(=O)CCCCOC1OC(CO)C(O)C(O)C1O)c1ccccc1. The third kappa shape index (κ3) is 5.31. The van der Waals surface area contributed by atoms with Gasteiger partial charge in [0.15, 0.2) is 12.1 Å². The molecule has 6 atom stereocenters. The quantitative estimate of drug-likeness (QED) is 0.358. The van der Waals surface area contributed by atoms with Gasteiger partial charge in [0.25, 0.3) is 0 Å². The Bertz CT molecular complexity index is 554. The van der Waals surface area contributed by atoms with E-state index >= 15 is 0 Å². The van der Waals surface area contributed by atoms with Crippen molar-refractivity contribution < 1.29 is 34.7 Å². The Labute approximate surface area is 152 Å². The van der Waals surface area contributed by atoms with Crippen molar-refractivity contribution in [1.29, 1.82) is 0 Å². The third-order valence-corrected chi connectivity index (χ3v) is 4.45. The molecule has 1 aromatic carbocycles. The highest BCUT2D eigenvalue weighted by molar-refractivity contribution is 5.84. The van der Waals surface area contributed by atoms with Gasteiger partial charge in [-0.05, 0) is 18.4 Å². The topological polar surface area (TPSA) is 142 Å². The summed E-state index contributed by atoms with van der Waals surface area (Å²) in [5, 5.41) is 38.3. The van der Waals surface area contributed by atoms with Gasteiger partial charge in [0, 0.05) is 13.0 Å². The number of carbonyl (C=O) groups is 1. The number of hydrogen-bond acceptors (Lipinski definition) is 8. The van der Waals surface area contributed by atoms with Gasteiger partial charge in [-0.2, -0.15) is 0 Å². The smallest absolute Gasteiger partial charge is 0.186 e. The second kappa shape index (κ2) is 10.1. The van der Waals surface area contributed by atoms with E-state index in [-0.39, 0.29) is 12.4 Å². The third-order valence-electron chi connectivity index (χ3n) is 4.45. The Hall–Kier alpha value is -1.39.